The second kappa shape index (κ2) is 9.90. The van der Waals surface area contributed by atoms with E-state index in [0.717, 1.165) is 52.5 Å². The Morgan fingerprint density at radius 2 is 1.76 bits per heavy atom. The molecule has 1 amide bonds. The molecule has 2 saturated heterocycles. The summed E-state index contributed by atoms with van der Waals surface area (Å²) in [6.07, 6.45) is 4.49. The minimum Gasteiger partial charge on any atom is -0.379 e. The van der Waals surface area contributed by atoms with Crippen LogP contribution >= 0.6 is 0 Å². The van der Waals surface area contributed by atoms with Crippen molar-refractivity contribution in [2.45, 2.75) is 38.8 Å². The number of nitrogens with one attached hydrogen (secondary N) is 1. The number of carbonyl (C=O) groups is 1. The van der Waals surface area contributed by atoms with Gasteiger partial charge in [0.1, 0.15) is 0 Å². The van der Waals surface area contributed by atoms with Crippen LogP contribution in [0.3, 0.4) is 0 Å². The second-order valence-corrected chi connectivity index (χ2v) is 7.14. The van der Waals surface area contributed by atoms with Gasteiger partial charge in [0, 0.05) is 39.1 Å². The van der Waals surface area contributed by atoms with Crippen molar-refractivity contribution in [3.05, 3.63) is 35.4 Å². The highest BCUT2D eigenvalue weighted by atomic mass is 16.5. The molecule has 1 N–H and O–H groups in total. The van der Waals surface area contributed by atoms with Crippen LogP contribution in [-0.2, 0) is 22.6 Å². The number of carbonyl (C=O) groups excluding carboxylic acids is 1. The number of likely N-dealkylation sites (tertiary alicyclic amines) is 1. The Morgan fingerprint density at radius 3 is 2.56 bits per heavy atom. The Bertz CT molecular complexity index is 537. The standard InChI is InChI=1S/C20H31N3O2/c24-20(7-10-22-8-2-1-3-9-22)21-16-18-5-4-6-19(15-18)17-23-11-13-25-14-12-23/h4-6,15H,1-3,7-14,16-17H2,(H,21,24). The van der Waals surface area contributed by atoms with Gasteiger partial charge in [-0.15, -0.1) is 0 Å². The lowest BCUT2D eigenvalue weighted by Crippen LogP contribution is -2.35. The van der Waals surface area contributed by atoms with Crippen LogP contribution in [0.25, 0.3) is 0 Å². The van der Waals surface area contributed by atoms with Gasteiger partial charge in [0.05, 0.1) is 13.2 Å². The zero-order chi connectivity index (χ0) is 17.3. The van der Waals surface area contributed by atoms with Crippen LogP contribution in [0.15, 0.2) is 24.3 Å². The maximum Gasteiger partial charge on any atom is 0.221 e. The molecule has 5 heteroatoms. The molecule has 5 nitrogen and oxygen atoms in total. The Morgan fingerprint density at radius 1 is 1.00 bits per heavy atom. The van der Waals surface area contributed by atoms with E-state index in [1.54, 1.807) is 0 Å². The summed E-state index contributed by atoms with van der Waals surface area (Å²) in [7, 11) is 0. The van der Waals surface area contributed by atoms with Crippen molar-refractivity contribution < 1.29 is 9.53 Å². The van der Waals surface area contributed by atoms with E-state index in [9.17, 15) is 4.79 Å². The van der Waals surface area contributed by atoms with E-state index in [4.69, 9.17) is 4.74 Å². The van der Waals surface area contributed by atoms with E-state index in [2.05, 4.69) is 39.4 Å². The number of benzene rings is 1. The van der Waals surface area contributed by atoms with Crippen LogP contribution in [0, 0.1) is 0 Å². The van der Waals surface area contributed by atoms with E-state index in [0.29, 0.717) is 13.0 Å². The zero-order valence-electron chi connectivity index (χ0n) is 15.2. The number of nitrogens with zero attached hydrogens (tertiary/aromatic N) is 2. The first-order valence-corrected chi connectivity index (χ1v) is 9.66. The van der Waals surface area contributed by atoms with Gasteiger partial charge in [-0.1, -0.05) is 30.7 Å². The molecule has 2 aliphatic heterocycles. The topological polar surface area (TPSA) is 44.8 Å². The molecule has 2 fully saturated rings. The predicted octanol–water partition coefficient (Wildman–Crippen LogP) is 2.01. The van der Waals surface area contributed by atoms with Gasteiger partial charge >= 0.3 is 0 Å². The third kappa shape index (κ3) is 6.42. The Kier molecular flexibility index (Phi) is 7.27. The molecule has 1 aromatic rings. The first kappa shape index (κ1) is 18.4. The van der Waals surface area contributed by atoms with Gasteiger partial charge in [0.2, 0.25) is 5.91 Å². The summed E-state index contributed by atoms with van der Waals surface area (Å²) in [5.41, 5.74) is 2.49. The van der Waals surface area contributed by atoms with Gasteiger partial charge in [0.15, 0.2) is 0 Å². The summed E-state index contributed by atoms with van der Waals surface area (Å²) in [5.74, 6) is 0.157. The molecule has 0 bridgehead atoms. The fourth-order valence-electron chi connectivity index (χ4n) is 3.59. The summed E-state index contributed by atoms with van der Waals surface area (Å²) < 4.78 is 5.40. The molecule has 0 aliphatic carbocycles. The van der Waals surface area contributed by atoms with Crippen molar-refractivity contribution in [2.75, 3.05) is 45.9 Å². The molecule has 0 radical (unpaired) electrons. The summed E-state index contributed by atoms with van der Waals surface area (Å²) in [6, 6.07) is 8.55. The zero-order valence-corrected chi connectivity index (χ0v) is 15.2. The molecule has 0 spiro atoms. The first-order chi connectivity index (χ1) is 12.3. The molecule has 138 valence electrons. The summed E-state index contributed by atoms with van der Waals surface area (Å²) in [5, 5.41) is 3.07. The largest absolute Gasteiger partial charge is 0.379 e. The van der Waals surface area contributed by atoms with Crippen LogP contribution < -0.4 is 5.32 Å². The average molecular weight is 345 g/mol. The highest BCUT2D eigenvalue weighted by molar-refractivity contribution is 5.76. The highest BCUT2D eigenvalue weighted by Gasteiger charge is 2.12. The maximum absolute atomic E-state index is 12.1. The van der Waals surface area contributed by atoms with E-state index in [1.165, 1.54) is 30.4 Å². The SMILES string of the molecule is O=C(CCN1CCCCC1)NCc1cccc(CN2CCOCC2)c1. The molecule has 0 aromatic heterocycles. The molecular formula is C20H31N3O2. The van der Waals surface area contributed by atoms with Crippen LogP contribution in [0.1, 0.15) is 36.8 Å². The van der Waals surface area contributed by atoms with Gasteiger partial charge in [-0.05, 0) is 37.1 Å². The Balaban J connectivity index is 1.39. The van der Waals surface area contributed by atoms with Gasteiger partial charge in [-0.25, -0.2) is 0 Å². The molecule has 0 atom stereocenters. The third-order valence-corrected chi connectivity index (χ3v) is 5.09. The van der Waals surface area contributed by atoms with Crippen molar-refractivity contribution in [2.24, 2.45) is 0 Å². The lowest BCUT2D eigenvalue weighted by atomic mass is 10.1. The molecular weight excluding hydrogens is 314 g/mol. The number of ether oxygens (including phenoxy) is 1. The number of morpholine rings is 1. The van der Waals surface area contributed by atoms with Gasteiger partial charge in [-0.3, -0.25) is 9.69 Å². The van der Waals surface area contributed by atoms with E-state index in [-0.39, 0.29) is 5.91 Å². The molecule has 1 aromatic carbocycles. The fourth-order valence-corrected chi connectivity index (χ4v) is 3.59. The minimum absolute atomic E-state index is 0.157. The number of amides is 1. The monoisotopic (exact) mass is 345 g/mol. The Hall–Kier alpha value is -1.43. The molecule has 25 heavy (non-hydrogen) atoms. The summed E-state index contributed by atoms with van der Waals surface area (Å²) in [4.78, 5) is 16.9. The van der Waals surface area contributed by atoms with Gasteiger partial charge in [-0.2, -0.15) is 0 Å². The molecule has 3 rings (SSSR count). The van der Waals surface area contributed by atoms with Crippen LogP contribution in [0.4, 0.5) is 0 Å². The third-order valence-electron chi connectivity index (χ3n) is 5.09. The first-order valence-electron chi connectivity index (χ1n) is 9.66. The molecule has 2 aliphatic rings. The van der Waals surface area contributed by atoms with Gasteiger partial charge in [0.25, 0.3) is 0 Å². The van der Waals surface area contributed by atoms with E-state index < -0.39 is 0 Å². The number of rotatable bonds is 7. The lowest BCUT2D eigenvalue weighted by molar-refractivity contribution is -0.121. The maximum atomic E-state index is 12.1. The van der Waals surface area contributed by atoms with Crippen molar-refractivity contribution in [1.29, 1.82) is 0 Å². The van der Waals surface area contributed by atoms with E-state index in [1.807, 2.05) is 0 Å². The number of hydrogen-bond acceptors (Lipinski definition) is 4. The fraction of sp³-hybridized carbons (Fsp3) is 0.650. The molecule has 2 heterocycles. The smallest absolute Gasteiger partial charge is 0.221 e. The quantitative estimate of drug-likeness (QED) is 0.821. The Labute approximate surface area is 151 Å². The highest BCUT2D eigenvalue weighted by Crippen LogP contribution is 2.11. The molecule has 0 unspecified atom stereocenters. The van der Waals surface area contributed by atoms with Crippen molar-refractivity contribution in [1.82, 2.24) is 15.1 Å². The van der Waals surface area contributed by atoms with Crippen LogP contribution in [0.2, 0.25) is 0 Å². The summed E-state index contributed by atoms with van der Waals surface area (Å²) >= 11 is 0. The van der Waals surface area contributed by atoms with Crippen LogP contribution in [-0.4, -0.2) is 61.6 Å². The van der Waals surface area contributed by atoms with Crippen LogP contribution in [0.5, 0.6) is 0 Å². The predicted molar refractivity (Wildman–Crippen MR) is 99.3 cm³/mol. The second-order valence-electron chi connectivity index (χ2n) is 7.14. The number of piperidine rings is 1. The normalized spacial score (nSPS) is 19.7. The average Bonchev–Trinajstić information content (AvgIpc) is 2.67. The summed E-state index contributed by atoms with van der Waals surface area (Å²) in [6.45, 7) is 8.42. The molecule has 0 saturated carbocycles. The van der Waals surface area contributed by atoms with E-state index >= 15 is 0 Å². The van der Waals surface area contributed by atoms with Crippen molar-refractivity contribution in [3.63, 3.8) is 0 Å². The van der Waals surface area contributed by atoms with Gasteiger partial charge < -0.3 is 15.0 Å². The minimum atomic E-state index is 0.157. The van der Waals surface area contributed by atoms with Crippen molar-refractivity contribution in [3.8, 4) is 0 Å². The number of hydrogen-bond donors (Lipinski definition) is 1. The van der Waals surface area contributed by atoms with Crippen molar-refractivity contribution >= 4 is 5.91 Å². The lowest BCUT2D eigenvalue weighted by Gasteiger charge is -2.26.